The summed E-state index contributed by atoms with van der Waals surface area (Å²) in [7, 11) is 1.58. The van der Waals surface area contributed by atoms with E-state index in [0.717, 1.165) is 0 Å². The average Bonchev–Trinajstić information content (AvgIpc) is 2.78. The van der Waals surface area contributed by atoms with Crippen molar-refractivity contribution in [3.8, 4) is 5.75 Å². The lowest BCUT2D eigenvalue weighted by molar-refractivity contribution is -0.160. The van der Waals surface area contributed by atoms with E-state index < -0.39 is 17.7 Å². The molecule has 28 heavy (non-hydrogen) atoms. The first-order valence-corrected chi connectivity index (χ1v) is 9.36. The Morgan fingerprint density at radius 2 is 1.46 bits per heavy atom. The second kappa shape index (κ2) is 8.91. The minimum absolute atomic E-state index is 0.309. The van der Waals surface area contributed by atoms with Crippen LogP contribution in [0.4, 0.5) is 0 Å². The van der Waals surface area contributed by atoms with Crippen molar-refractivity contribution in [3.05, 3.63) is 102 Å². The summed E-state index contributed by atoms with van der Waals surface area (Å²) in [5.41, 5.74) is 0.187. The quantitative estimate of drug-likeness (QED) is 0.473. The summed E-state index contributed by atoms with van der Waals surface area (Å²) in [6.45, 7) is 0. The molecule has 0 radical (unpaired) electrons. The van der Waals surface area contributed by atoms with E-state index in [9.17, 15) is 9.90 Å². The van der Waals surface area contributed by atoms with Crippen LogP contribution < -0.4 is 4.74 Å². The molecule has 2 atom stereocenters. The minimum atomic E-state index is -1.63. The van der Waals surface area contributed by atoms with Crippen molar-refractivity contribution in [1.82, 2.24) is 0 Å². The maximum absolute atomic E-state index is 12.1. The summed E-state index contributed by atoms with van der Waals surface area (Å²) < 4.78 is 10.9. The lowest BCUT2D eigenvalue weighted by Gasteiger charge is -2.37. The fourth-order valence-electron chi connectivity index (χ4n) is 3.19. The van der Waals surface area contributed by atoms with Gasteiger partial charge in [-0.15, -0.1) is 11.6 Å². The number of carbonyl (C=O) groups is 1. The lowest BCUT2D eigenvalue weighted by atomic mass is 9.79. The lowest BCUT2D eigenvalue weighted by Crippen LogP contribution is -2.38. The number of rotatable bonds is 7. The highest BCUT2D eigenvalue weighted by molar-refractivity contribution is 6.26. The Hall–Kier alpha value is -2.82. The number of benzene rings is 3. The van der Waals surface area contributed by atoms with Crippen LogP contribution in [0.2, 0.25) is 0 Å². The molecule has 1 N–H and O–H groups in total. The molecule has 0 aliphatic heterocycles. The summed E-state index contributed by atoms with van der Waals surface area (Å²) in [6, 6.07) is 25.3. The Morgan fingerprint density at radius 1 is 0.929 bits per heavy atom. The Kier molecular flexibility index (Phi) is 6.34. The number of alkyl halides is 1. The molecule has 4 nitrogen and oxygen atoms in total. The number of esters is 1. The summed E-state index contributed by atoms with van der Waals surface area (Å²) >= 11 is 5.69. The van der Waals surface area contributed by atoms with E-state index in [2.05, 4.69) is 0 Å². The molecular formula is C23H21ClO4. The van der Waals surface area contributed by atoms with E-state index in [4.69, 9.17) is 21.1 Å². The Labute approximate surface area is 169 Å². The number of hydrogen-bond acceptors (Lipinski definition) is 4. The van der Waals surface area contributed by atoms with Crippen LogP contribution >= 0.6 is 11.6 Å². The molecular weight excluding hydrogens is 376 g/mol. The van der Waals surface area contributed by atoms with Crippen molar-refractivity contribution >= 4 is 17.6 Å². The van der Waals surface area contributed by atoms with Crippen molar-refractivity contribution < 1.29 is 19.4 Å². The van der Waals surface area contributed by atoms with E-state index >= 15 is 0 Å². The van der Waals surface area contributed by atoms with Gasteiger partial charge in [-0.3, -0.25) is 4.79 Å². The molecule has 3 aromatic rings. The summed E-state index contributed by atoms with van der Waals surface area (Å²) in [6.07, 6.45) is -0.990. The van der Waals surface area contributed by atoms with Crippen LogP contribution in [0.25, 0.3) is 0 Å². The molecule has 0 aliphatic rings. The second-order valence-electron chi connectivity index (χ2n) is 6.28. The van der Waals surface area contributed by atoms with Gasteiger partial charge in [0.05, 0.1) is 7.11 Å². The standard InChI is InChI=1S/C23H21ClO4/c1-27-20-14-12-19(13-15-20)23(26,18-10-6-3-7-11-18)22(28-21(25)16-24)17-8-4-2-5-9-17/h2-15,22,26H,16H2,1H3. The number of ether oxygens (including phenoxy) is 2. The van der Waals surface area contributed by atoms with Crippen molar-refractivity contribution in [2.75, 3.05) is 13.0 Å². The summed E-state index contributed by atoms with van der Waals surface area (Å²) in [5.74, 6) is -0.261. The highest BCUT2D eigenvalue weighted by atomic mass is 35.5. The Balaban J connectivity index is 2.20. The van der Waals surface area contributed by atoms with Crippen LogP contribution in [0.5, 0.6) is 5.75 Å². The highest BCUT2D eigenvalue weighted by Gasteiger charge is 2.44. The van der Waals surface area contributed by atoms with Gasteiger partial charge >= 0.3 is 5.97 Å². The van der Waals surface area contributed by atoms with Crippen molar-refractivity contribution in [2.24, 2.45) is 0 Å². The number of methoxy groups -OCH3 is 1. The van der Waals surface area contributed by atoms with E-state index in [-0.39, 0.29) is 5.88 Å². The average molecular weight is 397 g/mol. The SMILES string of the molecule is COc1ccc(C(O)(c2ccccc2)C(OC(=O)CCl)c2ccccc2)cc1. The molecule has 2 unspecified atom stereocenters. The molecule has 3 rings (SSSR count). The maximum Gasteiger partial charge on any atom is 0.321 e. The molecule has 144 valence electrons. The summed E-state index contributed by atoms with van der Waals surface area (Å²) in [4.78, 5) is 12.1. The third-order valence-corrected chi connectivity index (χ3v) is 4.80. The van der Waals surface area contributed by atoms with Crippen LogP contribution in [0, 0.1) is 0 Å². The van der Waals surface area contributed by atoms with Gasteiger partial charge in [0.1, 0.15) is 11.6 Å². The molecule has 0 spiro atoms. The first kappa shape index (κ1) is 19.9. The van der Waals surface area contributed by atoms with Crippen molar-refractivity contribution in [3.63, 3.8) is 0 Å². The van der Waals surface area contributed by atoms with Gasteiger partial charge in [-0.25, -0.2) is 0 Å². The zero-order valence-electron chi connectivity index (χ0n) is 15.4. The normalized spacial score (nSPS) is 14.0. The van der Waals surface area contributed by atoms with Gasteiger partial charge in [0.25, 0.3) is 0 Å². The first-order valence-electron chi connectivity index (χ1n) is 8.82. The van der Waals surface area contributed by atoms with Crippen LogP contribution in [-0.4, -0.2) is 24.1 Å². The number of aliphatic hydroxyl groups is 1. The number of hydrogen-bond donors (Lipinski definition) is 1. The van der Waals surface area contributed by atoms with Crippen molar-refractivity contribution in [2.45, 2.75) is 11.7 Å². The number of carbonyl (C=O) groups excluding carboxylic acids is 1. The summed E-state index contributed by atoms with van der Waals surface area (Å²) in [5, 5.41) is 12.0. The molecule has 0 bridgehead atoms. The smallest absolute Gasteiger partial charge is 0.321 e. The van der Waals surface area contributed by atoms with Crippen LogP contribution in [0.15, 0.2) is 84.9 Å². The molecule has 0 saturated heterocycles. The van der Waals surface area contributed by atoms with Gasteiger partial charge in [-0.05, 0) is 28.8 Å². The Bertz CT molecular complexity index is 897. The molecule has 5 heteroatoms. The Morgan fingerprint density at radius 3 is 2.00 bits per heavy atom. The molecule has 0 heterocycles. The zero-order chi connectivity index (χ0) is 20.0. The second-order valence-corrected chi connectivity index (χ2v) is 6.54. The van der Waals surface area contributed by atoms with E-state index in [0.29, 0.717) is 22.4 Å². The van der Waals surface area contributed by atoms with Crippen LogP contribution in [0.1, 0.15) is 22.8 Å². The third-order valence-electron chi connectivity index (χ3n) is 4.58. The predicted molar refractivity (Wildman–Crippen MR) is 108 cm³/mol. The molecule has 0 aromatic heterocycles. The molecule has 0 saturated carbocycles. The molecule has 0 amide bonds. The first-order chi connectivity index (χ1) is 13.6. The highest BCUT2D eigenvalue weighted by Crippen LogP contribution is 2.43. The van der Waals surface area contributed by atoms with Crippen molar-refractivity contribution in [1.29, 1.82) is 0 Å². The van der Waals surface area contributed by atoms with Gasteiger partial charge < -0.3 is 14.6 Å². The monoisotopic (exact) mass is 396 g/mol. The fourth-order valence-corrected chi connectivity index (χ4v) is 3.26. The molecule has 0 aliphatic carbocycles. The van der Waals surface area contributed by atoms with Gasteiger partial charge in [0, 0.05) is 0 Å². The predicted octanol–water partition coefficient (Wildman–Crippen LogP) is 4.45. The van der Waals surface area contributed by atoms with E-state index in [1.807, 2.05) is 48.5 Å². The van der Waals surface area contributed by atoms with Gasteiger partial charge in [0.2, 0.25) is 0 Å². The molecule has 0 fully saturated rings. The number of halogens is 1. The minimum Gasteiger partial charge on any atom is -0.497 e. The van der Waals surface area contributed by atoms with Gasteiger partial charge in [-0.2, -0.15) is 0 Å². The largest absolute Gasteiger partial charge is 0.497 e. The van der Waals surface area contributed by atoms with E-state index in [1.165, 1.54) is 0 Å². The zero-order valence-corrected chi connectivity index (χ0v) is 16.2. The van der Waals surface area contributed by atoms with Gasteiger partial charge in [0.15, 0.2) is 11.7 Å². The topological polar surface area (TPSA) is 55.8 Å². The maximum atomic E-state index is 12.1. The van der Waals surface area contributed by atoms with Gasteiger partial charge in [-0.1, -0.05) is 72.8 Å². The van der Waals surface area contributed by atoms with Crippen LogP contribution in [0.3, 0.4) is 0 Å². The van der Waals surface area contributed by atoms with Crippen LogP contribution in [-0.2, 0) is 15.1 Å². The molecule has 3 aromatic carbocycles. The third kappa shape index (κ3) is 4.03. The fraction of sp³-hybridized carbons (Fsp3) is 0.174. The van der Waals surface area contributed by atoms with E-state index in [1.54, 1.807) is 43.5 Å².